The normalized spacial score (nSPS) is 12.3. The number of aliphatic imine (C=N–C) groups is 1. The fourth-order valence-electron chi connectivity index (χ4n) is 2.72. The number of benzene rings is 1. The number of nitrogens with one attached hydrogen (secondary N) is 2. The van der Waals surface area contributed by atoms with Gasteiger partial charge in [-0.1, -0.05) is 18.2 Å². The van der Waals surface area contributed by atoms with Crippen LogP contribution in [0, 0.1) is 6.92 Å². The van der Waals surface area contributed by atoms with Crippen molar-refractivity contribution in [2.45, 2.75) is 32.9 Å². The van der Waals surface area contributed by atoms with E-state index in [4.69, 9.17) is 0 Å². The predicted octanol–water partition coefficient (Wildman–Crippen LogP) is 3.55. The first-order valence-corrected chi connectivity index (χ1v) is 9.44. The van der Waals surface area contributed by atoms with Gasteiger partial charge in [-0.3, -0.25) is 9.56 Å². The van der Waals surface area contributed by atoms with Gasteiger partial charge in [-0.2, -0.15) is 0 Å². The van der Waals surface area contributed by atoms with E-state index in [0.717, 1.165) is 23.9 Å². The Hall–Kier alpha value is -1.94. The summed E-state index contributed by atoms with van der Waals surface area (Å²) in [4.78, 5) is 7.04. The van der Waals surface area contributed by atoms with Gasteiger partial charge in [0, 0.05) is 35.0 Å². The van der Waals surface area contributed by atoms with Gasteiger partial charge >= 0.3 is 0 Å². The van der Waals surface area contributed by atoms with Crippen molar-refractivity contribution in [1.29, 1.82) is 0 Å². The molecule has 0 aliphatic carbocycles. The fraction of sp³-hybridized carbons (Fsp3) is 0.316. The lowest BCUT2D eigenvalue weighted by molar-refractivity contribution is 0.640. The van der Waals surface area contributed by atoms with Gasteiger partial charge < -0.3 is 10.6 Å². The SMILES string of the molecule is CN=C(NCc1nncn1-c1ccccc1)NC(C)Cc1ccc(C)s1.I. The van der Waals surface area contributed by atoms with E-state index in [9.17, 15) is 0 Å². The lowest BCUT2D eigenvalue weighted by Gasteiger charge is -2.17. The minimum Gasteiger partial charge on any atom is -0.354 e. The van der Waals surface area contributed by atoms with Gasteiger partial charge in [0.1, 0.15) is 6.33 Å². The third-order valence-electron chi connectivity index (χ3n) is 3.98. The first kappa shape index (κ1) is 21.4. The molecule has 1 atom stereocenters. The molecule has 2 N–H and O–H groups in total. The lowest BCUT2D eigenvalue weighted by Crippen LogP contribution is -2.42. The van der Waals surface area contributed by atoms with Crippen molar-refractivity contribution >= 4 is 41.3 Å². The summed E-state index contributed by atoms with van der Waals surface area (Å²) in [5.41, 5.74) is 1.04. The van der Waals surface area contributed by atoms with Crippen LogP contribution in [0.1, 0.15) is 22.5 Å². The average molecular weight is 496 g/mol. The Bertz CT molecular complexity index is 858. The van der Waals surface area contributed by atoms with Crippen LogP contribution in [-0.2, 0) is 13.0 Å². The van der Waals surface area contributed by atoms with E-state index in [1.54, 1.807) is 13.4 Å². The molecule has 3 aromatic rings. The summed E-state index contributed by atoms with van der Waals surface area (Å²) >= 11 is 1.84. The molecule has 1 unspecified atom stereocenters. The number of para-hydroxylation sites is 1. The smallest absolute Gasteiger partial charge is 0.191 e. The summed E-state index contributed by atoms with van der Waals surface area (Å²) < 4.78 is 1.97. The van der Waals surface area contributed by atoms with Crippen LogP contribution in [0.4, 0.5) is 0 Å². The zero-order chi connectivity index (χ0) is 18.4. The highest BCUT2D eigenvalue weighted by atomic mass is 127. The van der Waals surface area contributed by atoms with E-state index in [1.165, 1.54) is 9.75 Å². The summed E-state index contributed by atoms with van der Waals surface area (Å²) in [6.07, 6.45) is 2.70. The summed E-state index contributed by atoms with van der Waals surface area (Å²) in [7, 11) is 1.78. The molecule has 0 aliphatic rings. The number of aryl methyl sites for hydroxylation is 1. The molecule has 2 aromatic heterocycles. The maximum Gasteiger partial charge on any atom is 0.191 e. The molecule has 144 valence electrons. The Morgan fingerprint density at radius 3 is 2.67 bits per heavy atom. The number of thiophene rings is 1. The monoisotopic (exact) mass is 496 g/mol. The summed E-state index contributed by atoms with van der Waals surface area (Å²) in [5, 5.41) is 15.0. The number of nitrogens with zero attached hydrogens (tertiary/aromatic N) is 4. The molecule has 27 heavy (non-hydrogen) atoms. The first-order chi connectivity index (χ1) is 12.7. The molecule has 0 saturated carbocycles. The van der Waals surface area contributed by atoms with Crippen molar-refractivity contribution in [2.24, 2.45) is 4.99 Å². The molecular weight excluding hydrogens is 471 g/mol. The largest absolute Gasteiger partial charge is 0.354 e. The van der Waals surface area contributed by atoms with E-state index in [0.29, 0.717) is 6.54 Å². The maximum absolute atomic E-state index is 4.32. The Morgan fingerprint density at radius 1 is 1.22 bits per heavy atom. The van der Waals surface area contributed by atoms with Crippen molar-refractivity contribution in [1.82, 2.24) is 25.4 Å². The molecule has 0 aliphatic heterocycles. The number of guanidine groups is 1. The molecule has 8 heteroatoms. The van der Waals surface area contributed by atoms with Crippen LogP contribution < -0.4 is 10.6 Å². The lowest BCUT2D eigenvalue weighted by atomic mass is 10.2. The van der Waals surface area contributed by atoms with Crippen molar-refractivity contribution in [3.8, 4) is 5.69 Å². The number of hydrogen-bond donors (Lipinski definition) is 2. The van der Waals surface area contributed by atoms with Crippen molar-refractivity contribution in [3.63, 3.8) is 0 Å². The molecule has 2 heterocycles. The van der Waals surface area contributed by atoms with Gasteiger partial charge in [0.15, 0.2) is 11.8 Å². The van der Waals surface area contributed by atoms with Gasteiger partial charge in [0.25, 0.3) is 0 Å². The van der Waals surface area contributed by atoms with Gasteiger partial charge in [-0.05, 0) is 38.1 Å². The second-order valence-corrected chi connectivity index (χ2v) is 7.51. The summed E-state index contributed by atoms with van der Waals surface area (Å²) in [6.45, 7) is 4.84. The topological polar surface area (TPSA) is 67.1 Å². The third-order valence-corrected chi connectivity index (χ3v) is 5.00. The highest BCUT2D eigenvalue weighted by Crippen LogP contribution is 2.16. The molecule has 0 amide bonds. The number of rotatable bonds is 6. The van der Waals surface area contributed by atoms with Gasteiger partial charge in [0.2, 0.25) is 0 Å². The van der Waals surface area contributed by atoms with E-state index in [2.05, 4.69) is 51.8 Å². The van der Waals surface area contributed by atoms with E-state index in [1.807, 2.05) is 46.2 Å². The van der Waals surface area contributed by atoms with E-state index in [-0.39, 0.29) is 30.0 Å². The van der Waals surface area contributed by atoms with Crippen LogP contribution in [0.3, 0.4) is 0 Å². The minimum atomic E-state index is 0. The number of halogens is 1. The van der Waals surface area contributed by atoms with Gasteiger partial charge in [0.05, 0.1) is 6.54 Å². The molecular formula is C19H25IN6S. The fourth-order valence-corrected chi connectivity index (χ4v) is 3.74. The van der Waals surface area contributed by atoms with Gasteiger partial charge in [-0.15, -0.1) is 45.5 Å². The van der Waals surface area contributed by atoms with Gasteiger partial charge in [-0.25, -0.2) is 0 Å². The Kier molecular flexibility index (Phi) is 8.23. The van der Waals surface area contributed by atoms with Crippen LogP contribution in [0.25, 0.3) is 5.69 Å². The maximum atomic E-state index is 4.32. The van der Waals surface area contributed by atoms with Crippen LogP contribution in [0.2, 0.25) is 0 Å². The molecule has 0 saturated heterocycles. The highest BCUT2D eigenvalue weighted by Gasteiger charge is 2.10. The average Bonchev–Trinajstić information content (AvgIpc) is 3.28. The zero-order valence-corrected chi connectivity index (χ0v) is 18.9. The minimum absolute atomic E-state index is 0. The Balaban J connectivity index is 0.00000261. The molecule has 6 nitrogen and oxygen atoms in total. The second-order valence-electron chi connectivity index (χ2n) is 6.14. The van der Waals surface area contributed by atoms with Crippen LogP contribution in [0.5, 0.6) is 0 Å². The van der Waals surface area contributed by atoms with Crippen LogP contribution in [0.15, 0.2) is 53.8 Å². The predicted molar refractivity (Wildman–Crippen MR) is 122 cm³/mol. The van der Waals surface area contributed by atoms with Crippen molar-refractivity contribution in [3.05, 3.63) is 64.4 Å². The Labute approximate surface area is 181 Å². The molecule has 0 fully saturated rings. The van der Waals surface area contributed by atoms with Crippen molar-refractivity contribution < 1.29 is 0 Å². The summed E-state index contributed by atoms with van der Waals surface area (Å²) in [6, 6.07) is 14.7. The standard InChI is InChI=1S/C19H24N6S.HI/c1-14(11-17-10-9-15(2)26-17)23-19(20-3)21-12-18-24-22-13-25(18)16-7-5-4-6-8-16;/h4-10,13-14H,11-12H2,1-3H3,(H2,20,21,23);1H. The molecule has 0 spiro atoms. The second kappa shape index (κ2) is 10.4. The first-order valence-electron chi connectivity index (χ1n) is 8.62. The molecule has 3 rings (SSSR count). The molecule has 1 aromatic carbocycles. The van der Waals surface area contributed by atoms with Crippen molar-refractivity contribution in [2.75, 3.05) is 7.05 Å². The highest BCUT2D eigenvalue weighted by molar-refractivity contribution is 14.0. The third kappa shape index (κ3) is 6.03. The number of aromatic nitrogens is 3. The van der Waals surface area contributed by atoms with E-state index >= 15 is 0 Å². The quantitative estimate of drug-likeness (QED) is 0.311. The molecule has 0 radical (unpaired) electrons. The number of hydrogen-bond acceptors (Lipinski definition) is 4. The van der Waals surface area contributed by atoms with Crippen LogP contribution >= 0.6 is 35.3 Å². The summed E-state index contributed by atoms with van der Waals surface area (Å²) in [5.74, 6) is 1.59. The van der Waals surface area contributed by atoms with Crippen LogP contribution in [-0.4, -0.2) is 33.8 Å². The molecule has 0 bridgehead atoms. The Morgan fingerprint density at radius 2 is 2.00 bits per heavy atom. The zero-order valence-electron chi connectivity index (χ0n) is 15.7. The van der Waals surface area contributed by atoms with E-state index < -0.39 is 0 Å².